The van der Waals surface area contributed by atoms with Crippen LogP contribution in [-0.2, 0) is 6.18 Å². The summed E-state index contributed by atoms with van der Waals surface area (Å²) in [5, 5.41) is 3.95. The number of alkyl halides is 3. The van der Waals surface area contributed by atoms with Gasteiger partial charge in [0.1, 0.15) is 5.82 Å². The van der Waals surface area contributed by atoms with Gasteiger partial charge in [-0.15, -0.1) is 0 Å². The average molecular weight is 241 g/mol. The van der Waals surface area contributed by atoms with Gasteiger partial charge in [0.15, 0.2) is 0 Å². The molecule has 1 aromatic heterocycles. The van der Waals surface area contributed by atoms with Gasteiger partial charge in [0.05, 0.1) is 16.9 Å². The van der Waals surface area contributed by atoms with Crippen LogP contribution in [0.15, 0.2) is 30.3 Å². The largest absolute Gasteiger partial charge is 0.418 e. The van der Waals surface area contributed by atoms with E-state index in [1.807, 2.05) is 0 Å². The molecule has 17 heavy (non-hydrogen) atoms. The van der Waals surface area contributed by atoms with Gasteiger partial charge in [-0.3, -0.25) is 0 Å². The Morgan fingerprint density at radius 3 is 2.41 bits per heavy atom. The molecule has 1 aromatic carbocycles. The molecule has 2 aromatic rings. The molecule has 6 heteroatoms. The minimum atomic E-state index is -4.43. The molecule has 0 fully saturated rings. The van der Waals surface area contributed by atoms with Gasteiger partial charge in [0, 0.05) is 6.07 Å². The van der Waals surface area contributed by atoms with Crippen molar-refractivity contribution in [2.45, 2.75) is 13.1 Å². The third kappa shape index (κ3) is 2.11. The molecule has 0 atom stereocenters. The first-order valence-electron chi connectivity index (χ1n) is 4.88. The lowest BCUT2D eigenvalue weighted by atomic mass is 10.1. The lowest BCUT2D eigenvalue weighted by molar-refractivity contribution is -0.137. The lowest BCUT2D eigenvalue weighted by Crippen LogP contribution is -2.12. The predicted molar refractivity (Wildman–Crippen MR) is 57.7 cm³/mol. The fourth-order valence-corrected chi connectivity index (χ4v) is 1.61. The topological polar surface area (TPSA) is 43.8 Å². The summed E-state index contributed by atoms with van der Waals surface area (Å²) in [6.07, 6.45) is -4.43. The molecule has 0 aliphatic carbocycles. The highest BCUT2D eigenvalue weighted by atomic mass is 19.4. The number of hydrogen-bond donors (Lipinski definition) is 1. The summed E-state index contributed by atoms with van der Waals surface area (Å²) < 4.78 is 39.5. The molecule has 0 spiro atoms. The molecular formula is C11H10F3N3. The third-order valence-electron chi connectivity index (χ3n) is 2.30. The molecule has 0 saturated carbocycles. The second kappa shape index (κ2) is 3.80. The van der Waals surface area contributed by atoms with Gasteiger partial charge >= 0.3 is 6.18 Å². The van der Waals surface area contributed by atoms with Crippen LogP contribution in [-0.4, -0.2) is 9.78 Å². The number of hydrogen-bond acceptors (Lipinski definition) is 2. The van der Waals surface area contributed by atoms with E-state index >= 15 is 0 Å². The number of nitrogens with zero attached hydrogens (tertiary/aromatic N) is 2. The van der Waals surface area contributed by atoms with Crippen LogP contribution in [0.25, 0.3) is 5.69 Å². The minimum absolute atomic E-state index is 0.0643. The molecular weight excluding hydrogens is 231 g/mol. The van der Waals surface area contributed by atoms with E-state index in [2.05, 4.69) is 5.10 Å². The summed E-state index contributed by atoms with van der Waals surface area (Å²) >= 11 is 0. The zero-order valence-electron chi connectivity index (χ0n) is 8.99. The van der Waals surface area contributed by atoms with Crippen LogP contribution in [0.3, 0.4) is 0 Å². The number of rotatable bonds is 1. The molecule has 2 N–H and O–H groups in total. The molecule has 0 radical (unpaired) electrons. The Kier molecular flexibility index (Phi) is 2.57. The van der Waals surface area contributed by atoms with Crippen LogP contribution in [0.1, 0.15) is 11.3 Å². The fraction of sp³-hybridized carbons (Fsp3) is 0.182. The molecule has 0 aliphatic heterocycles. The number of nitrogen functional groups attached to an aromatic ring is 1. The van der Waals surface area contributed by atoms with Gasteiger partial charge in [-0.25, -0.2) is 4.68 Å². The maximum atomic E-state index is 12.8. The lowest BCUT2D eigenvalue weighted by Gasteiger charge is -2.13. The van der Waals surface area contributed by atoms with Crippen molar-refractivity contribution in [2.24, 2.45) is 0 Å². The molecule has 1 heterocycles. The van der Waals surface area contributed by atoms with Gasteiger partial charge in [-0.2, -0.15) is 18.3 Å². The number of halogens is 3. The SMILES string of the molecule is Cc1cc(N)n(-c2ccccc2C(F)(F)F)n1. The van der Waals surface area contributed by atoms with Crippen molar-refractivity contribution >= 4 is 5.82 Å². The first-order valence-corrected chi connectivity index (χ1v) is 4.88. The second-order valence-electron chi connectivity index (χ2n) is 3.64. The van der Waals surface area contributed by atoms with E-state index < -0.39 is 11.7 Å². The Morgan fingerprint density at radius 2 is 1.88 bits per heavy atom. The summed E-state index contributed by atoms with van der Waals surface area (Å²) in [4.78, 5) is 0. The monoisotopic (exact) mass is 241 g/mol. The molecule has 3 nitrogen and oxygen atoms in total. The number of anilines is 1. The number of benzene rings is 1. The Bertz CT molecular complexity index is 543. The maximum absolute atomic E-state index is 12.8. The van der Waals surface area contributed by atoms with E-state index in [-0.39, 0.29) is 11.5 Å². The minimum Gasteiger partial charge on any atom is -0.384 e. The zero-order chi connectivity index (χ0) is 12.6. The Balaban J connectivity index is 2.64. The van der Waals surface area contributed by atoms with Gasteiger partial charge < -0.3 is 5.73 Å². The highest BCUT2D eigenvalue weighted by molar-refractivity contribution is 5.48. The first-order chi connectivity index (χ1) is 7.89. The van der Waals surface area contributed by atoms with Crippen molar-refractivity contribution in [3.63, 3.8) is 0 Å². The van der Waals surface area contributed by atoms with Crippen LogP contribution >= 0.6 is 0 Å². The van der Waals surface area contributed by atoms with Crippen LogP contribution in [0.5, 0.6) is 0 Å². The van der Waals surface area contributed by atoms with E-state index in [1.54, 1.807) is 6.92 Å². The fourth-order valence-electron chi connectivity index (χ4n) is 1.61. The van der Waals surface area contributed by atoms with Crippen LogP contribution < -0.4 is 5.73 Å². The first kappa shape index (κ1) is 11.5. The Hall–Kier alpha value is -1.98. The van der Waals surface area contributed by atoms with Crippen molar-refractivity contribution in [1.29, 1.82) is 0 Å². The van der Waals surface area contributed by atoms with Crippen LogP contribution in [0, 0.1) is 6.92 Å². The van der Waals surface area contributed by atoms with Gasteiger partial charge in [-0.05, 0) is 19.1 Å². The highest BCUT2D eigenvalue weighted by Gasteiger charge is 2.34. The summed E-state index contributed by atoms with van der Waals surface area (Å²) in [6.45, 7) is 1.67. The quantitative estimate of drug-likeness (QED) is 0.834. The smallest absolute Gasteiger partial charge is 0.384 e. The number of aromatic nitrogens is 2. The van der Waals surface area contributed by atoms with E-state index in [9.17, 15) is 13.2 Å². The normalized spacial score (nSPS) is 11.8. The second-order valence-corrected chi connectivity index (χ2v) is 3.64. The molecule has 0 amide bonds. The van der Waals surface area contributed by atoms with Gasteiger partial charge in [-0.1, -0.05) is 12.1 Å². The molecule has 0 aliphatic rings. The van der Waals surface area contributed by atoms with Gasteiger partial charge in [0.25, 0.3) is 0 Å². The molecule has 2 rings (SSSR count). The summed E-state index contributed by atoms with van der Waals surface area (Å²) in [7, 11) is 0. The van der Waals surface area contributed by atoms with Crippen LogP contribution in [0.2, 0.25) is 0 Å². The molecule has 0 bridgehead atoms. The highest BCUT2D eigenvalue weighted by Crippen LogP contribution is 2.34. The molecule has 90 valence electrons. The molecule has 0 unspecified atom stereocenters. The summed E-state index contributed by atoms with van der Waals surface area (Å²) in [5.41, 5.74) is 5.37. The van der Waals surface area contributed by atoms with Crippen molar-refractivity contribution < 1.29 is 13.2 Å². The number of para-hydroxylation sites is 1. The van der Waals surface area contributed by atoms with Crippen molar-refractivity contribution in [3.8, 4) is 5.69 Å². The predicted octanol–water partition coefficient (Wildman–Crippen LogP) is 2.78. The van der Waals surface area contributed by atoms with E-state index in [0.29, 0.717) is 5.69 Å². The Labute approximate surface area is 95.7 Å². The van der Waals surface area contributed by atoms with Crippen molar-refractivity contribution in [1.82, 2.24) is 9.78 Å². The van der Waals surface area contributed by atoms with E-state index in [1.165, 1.54) is 24.3 Å². The number of aryl methyl sites for hydroxylation is 1. The summed E-state index contributed by atoms with van der Waals surface area (Å²) in [5.74, 6) is 0.180. The van der Waals surface area contributed by atoms with Crippen molar-refractivity contribution in [2.75, 3.05) is 5.73 Å². The zero-order valence-corrected chi connectivity index (χ0v) is 8.99. The average Bonchev–Trinajstić information content (AvgIpc) is 2.56. The van der Waals surface area contributed by atoms with E-state index in [0.717, 1.165) is 10.7 Å². The van der Waals surface area contributed by atoms with Crippen LogP contribution in [0.4, 0.5) is 19.0 Å². The Morgan fingerprint density at radius 1 is 1.24 bits per heavy atom. The standard InChI is InChI=1S/C11H10F3N3/c1-7-6-10(15)17(16-7)9-5-3-2-4-8(9)11(12,13)14/h2-6H,15H2,1H3. The third-order valence-corrected chi connectivity index (χ3v) is 2.30. The maximum Gasteiger partial charge on any atom is 0.418 e. The molecule has 0 saturated heterocycles. The van der Waals surface area contributed by atoms with E-state index in [4.69, 9.17) is 5.73 Å². The summed E-state index contributed by atoms with van der Waals surface area (Å²) in [6, 6.07) is 6.71. The number of nitrogens with two attached hydrogens (primary N) is 1. The van der Waals surface area contributed by atoms with Crippen molar-refractivity contribution in [3.05, 3.63) is 41.6 Å². The van der Waals surface area contributed by atoms with Gasteiger partial charge in [0.2, 0.25) is 0 Å².